The molecule has 34 heavy (non-hydrogen) atoms. The number of aromatic nitrogens is 7. The van der Waals surface area contributed by atoms with Gasteiger partial charge in [0.1, 0.15) is 22.6 Å². The summed E-state index contributed by atoms with van der Waals surface area (Å²) in [6.07, 6.45) is 4.10. The lowest BCUT2D eigenvalue weighted by Crippen LogP contribution is -2.13. The van der Waals surface area contributed by atoms with E-state index < -0.39 is 6.08 Å². The highest BCUT2D eigenvalue weighted by Crippen LogP contribution is 2.35. The van der Waals surface area contributed by atoms with Crippen LogP contribution in [0.15, 0.2) is 40.3 Å². The molecule has 0 aliphatic rings. The van der Waals surface area contributed by atoms with Gasteiger partial charge in [-0.25, -0.2) is 24.3 Å². The second-order valence-corrected chi connectivity index (χ2v) is 8.36. The Morgan fingerprint density at radius 2 is 2.06 bits per heavy atom. The molecule has 170 valence electrons. The number of aldehydes is 1. The van der Waals surface area contributed by atoms with Crippen LogP contribution in [0, 0.1) is 6.08 Å². The second-order valence-electron chi connectivity index (χ2n) is 6.77. The molecule has 5 aromatic rings. The molecule has 0 aliphatic heterocycles. The molecule has 1 aromatic carbocycles. The quantitative estimate of drug-likeness (QED) is 0.108. The number of rotatable bonds is 5. The van der Waals surface area contributed by atoms with Crippen molar-refractivity contribution in [3.8, 4) is 5.69 Å². The Bertz CT molecular complexity index is 1630. The number of nitrogens with two attached hydrogens (primary N) is 1. The minimum atomic E-state index is -0.974. The van der Waals surface area contributed by atoms with Gasteiger partial charge in [0, 0.05) is 10.0 Å². The highest BCUT2D eigenvalue weighted by atomic mass is 79.9. The van der Waals surface area contributed by atoms with Crippen LogP contribution in [0.1, 0.15) is 15.9 Å². The predicted octanol–water partition coefficient (Wildman–Crippen LogP) is 3.74. The molecule has 5 rings (SSSR count). The third-order valence-corrected chi connectivity index (χ3v) is 6.20. The van der Waals surface area contributed by atoms with Crippen molar-refractivity contribution in [2.24, 2.45) is 5.10 Å². The van der Waals surface area contributed by atoms with Crippen molar-refractivity contribution in [3.05, 3.63) is 62.6 Å². The standard InChI is InChI=1S/C19H10BrCl2FN10O/c20-11-3-8(1-2-9(11)6-34)4-27-31-16-10-5-28-33(18(10)26-7-25-16)13-12(21)15(22)29-17-14(13)32(24)19(23)30-17/h1-7H,24H2,(H,25,26,31)/b27-4+. The van der Waals surface area contributed by atoms with E-state index in [0.29, 0.717) is 31.6 Å². The number of nitrogens with zero attached hydrogens (tertiary/aromatic N) is 8. The lowest BCUT2D eigenvalue weighted by atomic mass is 10.2. The number of pyridine rings is 1. The number of imidazole rings is 1. The van der Waals surface area contributed by atoms with Crippen molar-refractivity contribution in [2.45, 2.75) is 0 Å². The molecule has 0 aliphatic carbocycles. The lowest BCUT2D eigenvalue weighted by molar-refractivity contribution is 0.112. The number of carbonyl (C=O) groups is 1. The summed E-state index contributed by atoms with van der Waals surface area (Å²) in [5, 5.41) is 8.88. The maximum atomic E-state index is 14.0. The summed E-state index contributed by atoms with van der Waals surface area (Å²) in [4.78, 5) is 27.0. The Hall–Kier alpha value is -3.68. The predicted molar refractivity (Wildman–Crippen MR) is 129 cm³/mol. The van der Waals surface area contributed by atoms with E-state index in [1.165, 1.54) is 17.2 Å². The van der Waals surface area contributed by atoms with E-state index in [1.807, 2.05) is 0 Å². The van der Waals surface area contributed by atoms with Crippen LogP contribution in [-0.2, 0) is 0 Å². The Morgan fingerprint density at radius 3 is 2.82 bits per heavy atom. The summed E-state index contributed by atoms with van der Waals surface area (Å²) in [5.41, 5.74) is 4.60. The molecule has 0 atom stereocenters. The molecule has 3 N–H and O–H groups in total. The molecule has 0 unspecified atom stereocenters. The first-order valence-electron chi connectivity index (χ1n) is 9.30. The second kappa shape index (κ2) is 8.59. The van der Waals surface area contributed by atoms with Gasteiger partial charge in [0.2, 0.25) is 0 Å². The highest BCUT2D eigenvalue weighted by molar-refractivity contribution is 9.10. The van der Waals surface area contributed by atoms with Gasteiger partial charge in [-0.05, 0) is 17.7 Å². The fourth-order valence-corrected chi connectivity index (χ4v) is 4.08. The fourth-order valence-electron chi connectivity index (χ4n) is 3.21. The zero-order valence-corrected chi connectivity index (χ0v) is 19.7. The smallest absolute Gasteiger partial charge is 0.310 e. The van der Waals surface area contributed by atoms with Crippen LogP contribution < -0.4 is 11.3 Å². The number of benzene rings is 1. The lowest BCUT2D eigenvalue weighted by Gasteiger charge is -2.09. The molecule has 0 fully saturated rings. The largest absolute Gasteiger partial charge is 0.335 e. The number of carbonyl (C=O) groups excluding carboxylic acids is 1. The summed E-state index contributed by atoms with van der Waals surface area (Å²) >= 11 is 15.8. The van der Waals surface area contributed by atoms with Gasteiger partial charge in [0.25, 0.3) is 0 Å². The van der Waals surface area contributed by atoms with Crippen molar-refractivity contribution in [1.29, 1.82) is 0 Å². The van der Waals surface area contributed by atoms with Crippen molar-refractivity contribution in [2.75, 3.05) is 11.3 Å². The number of hydrazone groups is 1. The number of hydrogen-bond acceptors (Lipinski definition) is 9. The average molecular weight is 564 g/mol. The van der Waals surface area contributed by atoms with Crippen molar-refractivity contribution < 1.29 is 9.18 Å². The summed E-state index contributed by atoms with van der Waals surface area (Å²) in [6, 6.07) is 5.15. The molecule has 15 heteroatoms. The van der Waals surface area contributed by atoms with Crippen LogP contribution in [-0.4, -0.2) is 46.9 Å². The van der Waals surface area contributed by atoms with E-state index in [2.05, 4.69) is 51.5 Å². The first-order chi connectivity index (χ1) is 16.4. The van der Waals surface area contributed by atoms with Gasteiger partial charge in [0.15, 0.2) is 28.6 Å². The van der Waals surface area contributed by atoms with Gasteiger partial charge in [-0.15, -0.1) is 0 Å². The van der Waals surface area contributed by atoms with Gasteiger partial charge in [0.05, 0.1) is 17.8 Å². The van der Waals surface area contributed by atoms with Gasteiger partial charge >= 0.3 is 6.08 Å². The fraction of sp³-hybridized carbons (Fsp3) is 0. The maximum absolute atomic E-state index is 14.0. The van der Waals surface area contributed by atoms with Crippen LogP contribution in [0.4, 0.5) is 10.2 Å². The summed E-state index contributed by atoms with van der Waals surface area (Å²) in [5.74, 6) is 6.14. The monoisotopic (exact) mass is 562 g/mol. The Balaban J connectivity index is 1.56. The Morgan fingerprint density at radius 1 is 1.24 bits per heavy atom. The van der Waals surface area contributed by atoms with Crippen LogP contribution in [0.3, 0.4) is 0 Å². The van der Waals surface area contributed by atoms with Crippen molar-refractivity contribution in [3.63, 3.8) is 0 Å². The van der Waals surface area contributed by atoms with E-state index in [4.69, 9.17) is 29.0 Å². The van der Waals surface area contributed by atoms with Crippen LogP contribution in [0.5, 0.6) is 0 Å². The Labute approximate surface area is 207 Å². The summed E-state index contributed by atoms with van der Waals surface area (Å²) in [7, 11) is 0. The van der Waals surface area contributed by atoms with E-state index in [1.54, 1.807) is 24.4 Å². The third-order valence-electron chi connectivity index (χ3n) is 4.78. The average Bonchev–Trinajstić information content (AvgIpc) is 3.36. The molecule has 4 heterocycles. The molecule has 0 amide bonds. The third kappa shape index (κ3) is 3.63. The molecule has 0 spiro atoms. The molecule has 0 saturated carbocycles. The number of hydrogen-bond donors (Lipinski definition) is 2. The molecule has 11 nitrogen and oxygen atoms in total. The van der Waals surface area contributed by atoms with Crippen LogP contribution in [0.25, 0.3) is 27.9 Å². The maximum Gasteiger partial charge on any atom is 0.310 e. The van der Waals surface area contributed by atoms with E-state index in [-0.39, 0.29) is 27.0 Å². The topological polar surface area (TPSA) is 142 Å². The first-order valence-corrected chi connectivity index (χ1v) is 10.8. The first kappa shape index (κ1) is 22.1. The van der Waals surface area contributed by atoms with Crippen LogP contribution in [0.2, 0.25) is 10.2 Å². The van der Waals surface area contributed by atoms with Crippen LogP contribution >= 0.6 is 39.1 Å². The molecule has 4 aromatic heterocycles. The molecule has 0 bridgehead atoms. The van der Waals surface area contributed by atoms with Gasteiger partial charge in [-0.2, -0.15) is 19.6 Å². The van der Waals surface area contributed by atoms with Crippen molar-refractivity contribution in [1.82, 2.24) is 34.4 Å². The Kier molecular flexibility index (Phi) is 5.59. The minimum Gasteiger partial charge on any atom is -0.335 e. The van der Waals surface area contributed by atoms with Gasteiger partial charge < -0.3 is 5.84 Å². The van der Waals surface area contributed by atoms with E-state index in [9.17, 15) is 9.18 Å². The molecule has 0 saturated heterocycles. The number of anilines is 1. The SMILES string of the molecule is Nn1c(F)nc2nc(Cl)c(Cl)c(-n3ncc4c(N/N=C/c5ccc(C=O)c(Br)c5)ncnc43)c21. The van der Waals surface area contributed by atoms with E-state index in [0.717, 1.165) is 11.8 Å². The van der Waals surface area contributed by atoms with Gasteiger partial charge in [-0.1, -0.05) is 45.2 Å². The number of nitrogens with one attached hydrogen (secondary N) is 1. The number of halogens is 4. The minimum absolute atomic E-state index is 0.0127. The summed E-state index contributed by atoms with van der Waals surface area (Å²) < 4.78 is 16.7. The normalized spacial score (nSPS) is 11.6. The number of fused-ring (bicyclic) bond motifs is 2. The summed E-state index contributed by atoms with van der Waals surface area (Å²) in [6.45, 7) is 0. The molecule has 0 radical (unpaired) electrons. The zero-order chi connectivity index (χ0) is 24.0. The highest BCUT2D eigenvalue weighted by Gasteiger charge is 2.24. The zero-order valence-electron chi connectivity index (χ0n) is 16.6. The molecular weight excluding hydrogens is 554 g/mol. The van der Waals surface area contributed by atoms with Gasteiger partial charge in [-0.3, -0.25) is 10.2 Å². The number of nitrogen functional groups attached to an aromatic ring is 1. The van der Waals surface area contributed by atoms with Crippen molar-refractivity contribution >= 4 is 79.6 Å². The molecular formula is C19H10BrCl2FN10O. The van der Waals surface area contributed by atoms with E-state index >= 15 is 0 Å².